The topological polar surface area (TPSA) is 106 Å². The van der Waals surface area contributed by atoms with Crippen LogP contribution in [0.1, 0.15) is 28.8 Å². The molecule has 0 aliphatic heterocycles. The summed E-state index contributed by atoms with van der Waals surface area (Å²) in [5.41, 5.74) is 10.4. The molecule has 2 aromatic heterocycles. The highest BCUT2D eigenvalue weighted by Crippen LogP contribution is 2.24. The van der Waals surface area contributed by atoms with E-state index in [4.69, 9.17) is 15.5 Å². The summed E-state index contributed by atoms with van der Waals surface area (Å²) in [7, 11) is 0. The first-order valence-electron chi connectivity index (χ1n) is 10.8. The minimum Gasteiger partial charge on any atom is -0.380 e. The Morgan fingerprint density at radius 3 is 2.72 bits per heavy atom. The molecule has 7 nitrogen and oxygen atoms in total. The van der Waals surface area contributed by atoms with Crippen molar-refractivity contribution in [3.63, 3.8) is 0 Å². The van der Waals surface area contributed by atoms with Gasteiger partial charge < -0.3 is 20.8 Å². The number of amides is 1. The minimum atomic E-state index is -0.203. The van der Waals surface area contributed by atoms with E-state index in [9.17, 15) is 4.79 Å². The van der Waals surface area contributed by atoms with Crippen molar-refractivity contribution in [3.8, 4) is 11.4 Å². The Bertz CT molecular complexity index is 1170. The number of aryl methyl sites for hydroxylation is 1. The Balaban J connectivity index is 1.49. The van der Waals surface area contributed by atoms with E-state index < -0.39 is 0 Å². The van der Waals surface area contributed by atoms with Gasteiger partial charge in [-0.15, -0.1) is 0 Å². The van der Waals surface area contributed by atoms with Crippen LogP contribution in [0.15, 0.2) is 67.0 Å². The Morgan fingerprint density at radius 1 is 1.03 bits per heavy atom. The predicted molar refractivity (Wildman–Crippen MR) is 127 cm³/mol. The first-order valence-corrected chi connectivity index (χ1v) is 10.8. The standard InChI is InChI=1S/C25H27N5O2/c26-12-16-32-15-2-1-5-18-6-3-7-19(17-18)24-29-22-9-4-8-21(23(22)30-24)25(31)28-20-10-13-27-14-11-20/h3-4,6-11,13-14,17H,1-2,5,12,15-16,26H2,(H,29,30)(H,27,28,31). The second kappa shape index (κ2) is 10.7. The largest absolute Gasteiger partial charge is 0.380 e. The minimum absolute atomic E-state index is 0.203. The molecule has 0 aliphatic rings. The van der Waals surface area contributed by atoms with E-state index in [-0.39, 0.29) is 5.91 Å². The highest BCUT2D eigenvalue weighted by Gasteiger charge is 2.15. The van der Waals surface area contributed by atoms with Crippen molar-refractivity contribution in [1.29, 1.82) is 0 Å². The Kier molecular flexibility index (Phi) is 7.22. The molecule has 2 heterocycles. The van der Waals surface area contributed by atoms with Gasteiger partial charge in [-0.05, 0) is 55.2 Å². The van der Waals surface area contributed by atoms with Crippen molar-refractivity contribution in [2.75, 3.05) is 25.1 Å². The van der Waals surface area contributed by atoms with Crippen molar-refractivity contribution in [2.45, 2.75) is 19.3 Å². The lowest BCUT2D eigenvalue weighted by molar-refractivity contribution is 0.102. The molecule has 1 amide bonds. The fourth-order valence-corrected chi connectivity index (χ4v) is 3.58. The van der Waals surface area contributed by atoms with E-state index >= 15 is 0 Å². The van der Waals surface area contributed by atoms with Crippen LogP contribution in [0.3, 0.4) is 0 Å². The van der Waals surface area contributed by atoms with E-state index in [0.29, 0.717) is 29.9 Å². The van der Waals surface area contributed by atoms with E-state index in [1.54, 1.807) is 30.6 Å². The second-order valence-corrected chi connectivity index (χ2v) is 7.54. The summed E-state index contributed by atoms with van der Waals surface area (Å²) in [6.45, 7) is 1.92. The van der Waals surface area contributed by atoms with Gasteiger partial charge in [0.15, 0.2) is 0 Å². The molecule has 0 saturated heterocycles. The van der Waals surface area contributed by atoms with Gasteiger partial charge in [0.05, 0.1) is 17.7 Å². The van der Waals surface area contributed by atoms with Crippen LogP contribution in [0.25, 0.3) is 22.4 Å². The van der Waals surface area contributed by atoms with Crippen LogP contribution in [0.5, 0.6) is 0 Å². The molecule has 7 heteroatoms. The molecule has 0 saturated carbocycles. The number of benzene rings is 2. The lowest BCUT2D eigenvalue weighted by atomic mass is 10.1. The van der Waals surface area contributed by atoms with Gasteiger partial charge in [-0.1, -0.05) is 24.3 Å². The van der Waals surface area contributed by atoms with Crippen LogP contribution in [0, 0.1) is 0 Å². The summed E-state index contributed by atoms with van der Waals surface area (Å²) >= 11 is 0. The van der Waals surface area contributed by atoms with Crippen LogP contribution >= 0.6 is 0 Å². The number of hydrogen-bond donors (Lipinski definition) is 3. The zero-order valence-electron chi connectivity index (χ0n) is 17.9. The maximum absolute atomic E-state index is 12.8. The molecule has 4 N–H and O–H groups in total. The van der Waals surface area contributed by atoms with Gasteiger partial charge in [-0.2, -0.15) is 0 Å². The van der Waals surface area contributed by atoms with Crippen LogP contribution in [-0.4, -0.2) is 40.6 Å². The number of aromatic nitrogens is 3. The van der Waals surface area contributed by atoms with Gasteiger partial charge >= 0.3 is 0 Å². The molecule has 4 aromatic rings. The Labute approximate surface area is 187 Å². The molecule has 32 heavy (non-hydrogen) atoms. The molecule has 0 bridgehead atoms. The van der Waals surface area contributed by atoms with Crippen molar-refractivity contribution >= 4 is 22.6 Å². The van der Waals surface area contributed by atoms with Gasteiger partial charge in [0, 0.05) is 36.8 Å². The normalized spacial score (nSPS) is 11.0. The third-order valence-electron chi connectivity index (χ3n) is 5.16. The third-order valence-corrected chi connectivity index (χ3v) is 5.16. The number of unbranched alkanes of at least 4 members (excludes halogenated alkanes) is 1. The van der Waals surface area contributed by atoms with Crippen molar-refractivity contribution in [3.05, 3.63) is 78.1 Å². The monoisotopic (exact) mass is 429 g/mol. The van der Waals surface area contributed by atoms with Gasteiger partial charge in [0.2, 0.25) is 0 Å². The number of H-pyrrole nitrogens is 1. The zero-order valence-corrected chi connectivity index (χ0v) is 17.9. The number of rotatable bonds is 10. The summed E-state index contributed by atoms with van der Waals surface area (Å²) < 4.78 is 5.44. The number of carbonyl (C=O) groups excluding carboxylic acids is 1. The fourth-order valence-electron chi connectivity index (χ4n) is 3.58. The molecular weight excluding hydrogens is 402 g/mol. The average molecular weight is 430 g/mol. The maximum atomic E-state index is 12.8. The lowest BCUT2D eigenvalue weighted by Gasteiger charge is -2.05. The molecule has 0 spiro atoms. The van der Waals surface area contributed by atoms with Crippen LogP contribution < -0.4 is 11.1 Å². The van der Waals surface area contributed by atoms with Gasteiger partial charge in [0.1, 0.15) is 11.3 Å². The average Bonchev–Trinajstić information content (AvgIpc) is 3.27. The van der Waals surface area contributed by atoms with Crippen molar-refractivity contribution < 1.29 is 9.53 Å². The van der Waals surface area contributed by atoms with E-state index in [1.165, 1.54) is 5.56 Å². The first kappa shape index (κ1) is 21.7. The number of imidazole rings is 1. The zero-order chi connectivity index (χ0) is 22.2. The highest BCUT2D eigenvalue weighted by atomic mass is 16.5. The summed E-state index contributed by atoms with van der Waals surface area (Å²) in [6.07, 6.45) is 6.31. The molecular formula is C25H27N5O2. The first-order chi connectivity index (χ1) is 15.7. The SMILES string of the molecule is NCCOCCCCc1cccc(-c2nc3c(C(=O)Nc4ccncc4)cccc3[nH]2)c1. The molecule has 0 aliphatic carbocycles. The van der Waals surface area contributed by atoms with Crippen LogP contribution in [-0.2, 0) is 11.2 Å². The summed E-state index contributed by atoms with van der Waals surface area (Å²) in [5, 5.41) is 2.90. The fraction of sp³-hybridized carbons (Fsp3) is 0.240. The number of para-hydroxylation sites is 1. The molecule has 0 unspecified atom stereocenters. The molecule has 164 valence electrons. The Hall–Kier alpha value is -3.55. The predicted octanol–water partition coefficient (Wildman–Crippen LogP) is 4.18. The number of nitrogens with two attached hydrogens (primary N) is 1. The number of hydrogen-bond acceptors (Lipinski definition) is 5. The molecule has 2 aromatic carbocycles. The van der Waals surface area contributed by atoms with E-state index in [0.717, 1.165) is 42.8 Å². The maximum Gasteiger partial charge on any atom is 0.257 e. The summed E-state index contributed by atoms with van der Waals surface area (Å²) in [4.78, 5) is 24.9. The summed E-state index contributed by atoms with van der Waals surface area (Å²) in [6, 6.07) is 17.4. The number of aromatic amines is 1. The second-order valence-electron chi connectivity index (χ2n) is 7.54. The number of nitrogens with one attached hydrogen (secondary N) is 2. The number of fused-ring (bicyclic) bond motifs is 1. The van der Waals surface area contributed by atoms with Gasteiger partial charge in [-0.25, -0.2) is 4.98 Å². The molecule has 0 radical (unpaired) electrons. The highest BCUT2D eigenvalue weighted by molar-refractivity contribution is 6.11. The number of pyridine rings is 1. The van der Waals surface area contributed by atoms with Gasteiger partial charge in [-0.3, -0.25) is 9.78 Å². The molecule has 4 rings (SSSR count). The molecule has 0 fully saturated rings. The number of carbonyl (C=O) groups is 1. The smallest absolute Gasteiger partial charge is 0.257 e. The van der Waals surface area contributed by atoms with Crippen molar-refractivity contribution in [1.82, 2.24) is 15.0 Å². The van der Waals surface area contributed by atoms with E-state index in [1.807, 2.05) is 24.3 Å². The lowest BCUT2D eigenvalue weighted by Crippen LogP contribution is -2.12. The summed E-state index contributed by atoms with van der Waals surface area (Å²) in [5.74, 6) is 0.544. The number of nitrogens with zero attached hydrogens (tertiary/aromatic N) is 2. The van der Waals surface area contributed by atoms with Crippen LogP contribution in [0.2, 0.25) is 0 Å². The van der Waals surface area contributed by atoms with Crippen molar-refractivity contribution in [2.24, 2.45) is 5.73 Å². The third kappa shape index (κ3) is 5.38. The number of anilines is 1. The van der Waals surface area contributed by atoms with Gasteiger partial charge in [0.25, 0.3) is 5.91 Å². The molecule has 0 atom stereocenters. The van der Waals surface area contributed by atoms with Crippen LogP contribution in [0.4, 0.5) is 5.69 Å². The quantitative estimate of drug-likeness (QED) is 0.328. The van der Waals surface area contributed by atoms with E-state index in [2.05, 4.69) is 27.4 Å². The number of ether oxygens (including phenoxy) is 1. The Morgan fingerprint density at radius 2 is 1.88 bits per heavy atom.